The molecule has 0 aliphatic rings. The second kappa shape index (κ2) is 45.9. The number of carboxylic acids is 1. The van der Waals surface area contributed by atoms with Gasteiger partial charge in [-0.3, -0.25) is 9.59 Å². The maximum absolute atomic E-state index is 11.8. The zero-order valence-corrected chi connectivity index (χ0v) is 33.2. The Balaban J connectivity index is 0. The van der Waals surface area contributed by atoms with Crippen LogP contribution >= 0.6 is 0 Å². The minimum absolute atomic E-state index is 0.0237. The number of hydrogen-bond acceptors (Lipinski definition) is 3. The third-order valence-electron chi connectivity index (χ3n) is 9.74. The SMILES string of the molecule is CCCCCCCCCCCCCC(=O)O.CCCCCCCCCCCCCCCCOC(=O)CCCCCCCCCCCCC. The standard InChI is InChI=1S/C30H60O2.C14H28O2/c1-3-5-7-9-11-13-15-16-17-19-21-23-25-27-29-32-30(31)28-26-24-22-20-18-14-12-10-8-6-4-2;1-2-3-4-5-6-7-8-9-10-11-12-13-14(15)16/h3-29H2,1-2H3;2-13H2,1H3,(H,15,16). The zero-order chi connectivity index (χ0) is 35.4. The van der Waals surface area contributed by atoms with Gasteiger partial charge in [-0.25, -0.2) is 0 Å². The van der Waals surface area contributed by atoms with Crippen LogP contribution in [0.4, 0.5) is 0 Å². The third kappa shape index (κ3) is 49.3. The number of carbonyl (C=O) groups is 2. The quantitative estimate of drug-likeness (QED) is 0.0518. The van der Waals surface area contributed by atoms with Gasteiger partial charge < -0.3 is 9.84 Å². The second-order valence-corrected chi connectivity index (χ2v) is 14.8. The van der Waals surface area contributed by atoms with Gasteiger partial charge in [0.05, 0.1) is 6.61 Å². The van der Waals surface area contributed by atoms with Crippen LogP contribution in [-0.4, -0.2) is 23.7 Å². The van der Waals surface area contributed by atoms with E-state index in [1.54, 1.807) is 0 Å². The van der Waals surface area contributed by atoms with Crippen molar-refractivity contribution in [2.45, 2.75) is 265 Å². The van der Waals surface area contributed by atoms with Gasteiger partial charge in [0.2, 0.25) is 0 Å². The molecule has 4 nitrogen and oxygen atoms in total. The van der Waals surface area contributed by atoms with Crippen molar-refractivity contribution in [1.29, 1.82) is 0 Å². The van der Waals surface area contributed by atoms with Gasteiger partial charge in [-0.2, -0.15) is 0 Å². The Morgan fingerprint density at radius 1 is 0.333 bits per heavy atom. The van der Waals surface area contributed by atoms with Crippen LogP contribution in [0.2, 0.25) is 0 Å². The number of ether oxygens (including phenoxy) is 1. The number of esters is 1. The fourth-order valence-corrected chi connectivity index (χ4v) is 6.43. The fourth-order valence-electron chi connectivity index (χ4n) is 6.43. The first-order valence-electron chi connectivity index (χ1n) is 22.0. The molecule has 4 heteroatoms. The summed E-state index contributed by atoms with van der Waals surface area (Å²) in [4.78, 5) is 22.1. The molecule has 1 N–H and O–H groups in total. The molecule has 0 atom stereocenters. The minimum atomic E-state index is -0.657. The van der Waals surface area contributed by atoms with Crippen molar-refractivity contribution < 1.29 is 19.4 Å². The monoisotopic (exact) mass is 681 g/mol. The van der Waals surface area contributed by atoms with Crippen LogP contribution in [0.5, 0.6) is 0 Å². The van der Waals surface area contributed by atoms with E-state index in [1.165, 1.54) is 205 Å². The lowest BCUT2D eigenvalue weighted by molar-refractivity contribution is -0.144. The highest BCUT2D eigenvalue weighted by Crippen LogP contribution is 2.15. The summed E-state index contributed by atoms with van der Waals surface area (Å²) in [6, 6.07) is 0. The smallest absolute Gasteiger partial charge is 0.305 e. The highest BCUT2D eigenvalue weighted by atomic mass is 16.5. The molecule has 0 aliphatic carbocycles. The Morgan fingerprint density at radius 3 is 0.833 bits per heavy atom. The summed E-state index contributed by atoms with van der Waals surface area (Å²) in [5.41, 5.74) is 0. The van der Waals surface area contributed by atoms with Crippen molar-refractivity contribution in [2.75, 3.05) is 6.61 Å². The molecule has 0 heterocycles. The van der Waals surface area contributed by atoms with Gasteiger partial charge in [-0.1, -0.05) is 233 Å². The molecule has 0 saturated heterocycles. The average molecular weight is 681 g/mol. The van der Waals surface area contributed by atoms with E-state index in [4.69, 9.17) is 9.84 Å². The van der Waals surface area contributed by atoms with Gasteiger partial charge in [0.1, 0.15) is 0 Å². The molecule has 0 spiro atoms. The summed E-state index contributed by atoms with van der Waals surface area (Å²) in [5.74, 6) is -0.633. The normalized spacial score (nSPS) is 11.0. The molecule has 0 bridgehead atoms. The lowest BCUT2D eigenvalue weighted by Gasteiger charge is -2.06. The predicted molar refractivity (Wildman–Crippen MR) is 211 cm³/mol. The van der Waals surface area contributed by atoms with E-state index >= 15 is 0 Å². The van der Waals surface area contributed by atoms with Gasteiger partial charge in [0, 0.05) is 12.8 Å². The van der Waals surface area contributed by atoms with Crippen molar-refractivity contribution in [1.82, 2.24) is 0 Å². The molecule has 0 saturated carbocycles. The van der Waals surface area contributed by atoms with Crippen LogP contribution < -0.4 is 0 Å². The molecular formula is C44H88O4. The van der Waals surface area contributed by atoms with Gasteiger partial charge in [-0.05, 0) is 19.3 Å². The van der Waals surface area contributed by atoms with Crippen LogP contribution in [-0.2, 0) is 14.3 Å². The highest BCUT2D eigenvalue weighted by molar-refractivity contribution is 5.69. The lowest BCUT2D eigenvalue weighted by atomic mass is 10.0. The number of hydrogen-bond donors (Lipinski definition) is 1. The Bertz CT molecular complexity index is 605. The molecule has 0 aliphatic heterocycles. The Hall–Kier alpha value is -1.06. The van der Waals surface area contributed by atoms with Crippen molar-refractivity contribution in [3.63, 3.8) is 0 Å². The molecule has 0 aromatic rings. The summed E-state index contributed by atoms with van der Waals surface area (Å²) in [6.45, 7) is 7.44. The summed E-state index contributed by atoms with van der Waals surface area (Å²) >= 11 is 0. The number of carboxylic acid groups (broad SMARTS) is 1. The average Bonchev–Trinajstić information content (AvgIpc) is 3.08. The largest absolute Gasteiger partial charge is 0.481 e. The maximum atomic E-state index is 11.8. The van der Waals surface area contributed by atoms with Crippen molar-refractivity contribution in [3.8, 4) is 0 Å². The first kappa shape index (κ1) is 49.1. The van der Waals surface area contributed by atoms with Crippen LogP contribution in [0.25, 0.3) is 0 Å². The maximum Gasteiger partial charge on any atom is 0.305 e. The van der Waals surface area contributed by atoms with E-state index in [-0.39, 0.29) is 5.97 Å². The van der Waals surface area contributed by atoms with Gasteiger partial charge >= 0.3 is 11.9 Å². The van der Waals surface area contributed by atoms with Crippen molar-refractivity contribution in [2.24, 2.45) is 0 Å². The number of unbranched alkanes of at least 4 members (excludes halogenated alkanes) is 33. The van der Waals surface area contributed by atoms with Crippen LogP contribution in [0, 0.1) is 0 Å². The Labute approximate surface area is 302 Å². The van der Waals surface area contributed by atoms with E-state index in [9.17, 15) is 9.59 Å². The highest BCUT2D eigenvalue weighted by Gasteiger charge is 2.03. The van der Waals surface area contributed by atoms with E-state index in [2.05, 4.69) is 20.8 Å². The first-order valence-corrected chi connectivity index (χ1v) is 22.0. The van der Waals surface area contributed by atoms with Crippen LogP contribution in [0.15, 0.2) is 0 Å². The molecule has 0 rings (SSSR count). The molecule has 48 heavy (non-hydrogen) atoms. The molecule has 0 aromatic carbocycles. The number of rotatable bonds is 39. The molecule has 288 valence electrons. The van der Waals surface area contributed by atoms with Gasteiger partial charge in [-0.15, -0.1) is 0 Å². The van der Waals surface area contributed by atoms with E-state index in [0.717, 1.165) is 25.7 Å². The Morgan fingerprint density at radius 2 is 0.562 bits per heavy atom. The van der Waals surface area contributed by atoms with Gasteiger partial charge in [0.15, 0.2) is 0 Å². The van der Waals surface area contributed by atoms with Crippen molar-refractivity contribution in [3.05, 3.63) is 0 Å². The summed E-state index contributed by atoms with van der Waals surface area (Å²) < 4.78 is 5.40. The topological polar surface area (TPSA) is 63.6 Å². The molecule has 0 amide bonds. The Kier molecular flexibility index (Phi) is 46.9. The number of aliphatic carboxylic acids is 1. The van der Waals surface area contributed by atoms with E-state index in [0.29, 0.717) is 19.4 Å². The van der Waals surface area contributed by atoms with Gasteiger partial charge in [0.25, 0.3) is 0 Å². The molecular weight excluding hydrogens is 592 g/mol. The van der Waals surface area contributed by atoms with Crippen molar-refractivity contribution >= 4 is 11.9 Å². The molecule has 0 unspecified atom stereocenters. The minimum Gasteiger partial charge on any atom is -0.481 e. The van der Waals surface area contributed by atoms with E-state index < -0.39 is 5.97 Å². The van der Waals surface area contributed by atoms with Crippen LogP contribution in [0.1, 0.15) is 265 Å². The number of carbonyl (C=O) groups excluding carboxylic acids is 1. The summed E-state index contributed by atoms with van der Waals surface area (Å²) in [5, 5.41) is 8.46. The zero-order valence-electron chi connectivity index (χ0n) is 33.2. The van der Waals surface area contributed by atoms with E-state index in [1.807, 2.05) is 0 Å². The second-order valence-electron chi connectivity index (χ2n) is 14.8. The third-order valence-corrected chi connectivity index (χ3v) is 9.74. The molecule has 0 radical (unpaired) electrons. The molecule has 0 fully saturated rings. The predicted octanol–water partition coefficient (Wildman–Crippen LogP) is 15.5. The summed E-state index contributed by atoms with van der Waals surface area (Å²) in [7, 11) is 0. The molecule has 0 aromatic heterocycles. The van der Waals surface area contributed by atoms with Crippen LogP contribution in [0.3, 0.4) is 0 Å². The summed E-state index contributed by atoms with van der Waals surface area (Å²) in [6.07, 6.45) is 48.6. The fraction of sp³-hybridized carbons (Fsp3) is 0.955. The first-order chi connectivity index (χ1) is 23.6. The lowest BCUT2D eigenvalue weighted by Crippen LogP contribution is -2.05.